The van der Waals surface area contributed by atoms with Crippen LogP contribution in [-0.2, 0) is 32.6 Å². The number of halogens is 2. The molecule has 0 radical (unpaired) electrons. The highest BCUT2D eigenvalue weighted by Gasteiger charge is 2.35. The molecule has 3 aromatic rings. The summed E-state index contributed by atoms with van der Waals surface area (Å²) in [5.74, 6) is -0.887. The second-order valence-electron chi connectivity index (χ2n) is 9.77. The molecule has 0 saturated carbocycles. The summed E-state index contributed by atoms with van der Waals surface area (Å²) in [7, 11) is -4.15. The van der Waals surface area contributed by atoms with Gasteiger partial charge in [0.1, 0.15) is 12.6 Å². The van der Waals surface area contributed by atoms with E-state index in [9.17, 15) is 18.0 Å². The average Bonchev–Trinajstić information content (AvgIpc) is 2.97. The number of benzene rings is 3. The average molecular weight is 619 g/mol. The van der Waals surface area contributed by atoms with Crippen LogP contribution >= 0.6 is 23.2 Å². The van der Waals surface area contributed by atoms with Crippen LogP contribution in [0.2, 0.25) is 10.0 Å². The molecule has 7 nitrogen and oxygen atoms in total. The first-order valence-electron chi connectivity index (χ1n) is 13.7. The minimum Gasteiger partial charge on any atom is -0.352 e. The number of para-hydroxylation sites is 1. The molecule has 0 aromatic heterocycles. The molecule has 0 saturated heterocycles. The van der Waals surface area contributed by atoms with E-state index in [-0.39, 0.29) is 23.4 Å². The Kier molecular flexibility index (Phi) is 11.6. The smallest absolute Gasteiger partial charge is 0.264 e. The van der Waals surface area contributed by atoms with Crippen LogP contribution in [0.15, 0.2) is 77.7 Å². The Hall–Kier alpha value is -3.07. The van der Waals surface area contributed by atoms with Crippen LogP contribution in [0, 0.1) is 0 Å². The van der Waals surface area contributed by atoms with Gasteiger partial charge in [0.25, 0.3) is 10.0 Å². The lowest BCUT2D eigenvalue weighted by Gasteiger charge is -2.34. The number of aryl methyl sites for hydroxylation is 1. The van der Waals surface area contributed by atoms with Gasteiger partial charge in [-0.1, -0.05) is 86.4 Å². The van der Waals surface area contributed by atoms with E-state index in [1.165, 1.54) is 17.0 Å². The number of rotatable bonds is 13. The summed E-state index contributed by atoms with van der Waals surface area (Å²) in [5, 5.41) is 3.65. The Balaban J connectivity index is 2.13. The monoisotopic (exact) mass is 617 g/mol. The van der Waals surface area contributed by atoms with Crippen LogP contribution in [0.5, 0.6) is 0 Å². The summed E-state index contributed by atoms with van der Waals surface area (Å²) in [6.07, 6.45) is 1.56. The highest BCUT2D eigenvalue weighted by Crippen LogP contribution is 2.30. The SMILES string of the molecule is CCc1ccccc1N(CC(=O)N(Cc1c(Cl)cccc1Cl)[C@H](CC)C(=O)N[C@H](C)CC)S(=O)(=O)c1ccccc1. The lowest BCUT2D eigenvalue weighted by Crippen LogP contribution is -2.53. The van der Waals surface area contributed by atoms with E-state index in [0.717, 1.165) is 9.87 Å². The summed E-state index contributed by atoms with van der Waals surface area (Å²) in [6.45, 7) is 6.97. The zero-order valence-corrected chi connectivity index (χ0v) is 26.1. The van der Waals surface area contributed by atoms with Gasteiger partial charge in [-0.15, -0.1) is 0 Å². The molecule has 0 aliphatic heterocycles. The van der Waals surface area contributed by atoms with Gasteiger partial charge in [0.2, 0.25) is 11.8 Å². The van der Waals surface area contributed by atoms with Crippen molar-refractivity contribution in [2.45, 2.75) is 70.5 Å². The van der Waals surface area contributed by atoms with E-state index < -0.39 is 28.5 Å². The third-order valence-corrected chi connectivity index (χ3v) is 9.51. The van der Waals surface area contributed by atoms with Crippen LogP contribution in [0.1, 0.15) is 51.7 Å². The number of hydrogen-bond acceptors (Lipinski definition) is 4. The molecule has 2 amide bonds. The van der Waals surface area contributed by atoms with E-state index in [0.29, 0.717) is 40.6 Å². The number of carbonyl (C=O) groups is 2. The summed E-state index contributed by atoms with van der Waals surface area (Å²) in [6, 6.07) is 19.1. The van der Waals surface area contributed by atoms with Crippen molar-refractivity contribution in [1.82, 2.24) is 10.2 Å². The number of carbonyl (C=O) groups excluding carboxylic acids is 2. The summed E-state index contributed by atoms with van der Waals surface area (Å²) in [4.78, 5) is 29.1. The van der Waals surface area contributed by atoms with Gasteiger partial charge in [0.15, 0.2) is 0 Å². The minimum absolute atomic E-state index is 0.0564. The van der Waals surface area contributed by atoms with E-state index in [1.807, 2.05) is 32.9 Å². The maximum atomic E-state index is 14.2. The first-order valence-corrected chi connectivity index (χ1v) is 15.9. The summed E-state index contributed by atoms with van der Waals surface area (Å²) >= 11 is 13.0. The molecular formula is C31H37Cl2N3O4S. The highest BCUT2D eigenvalue weighted by atomic mass is 35.5. The number of hydrogen-bond donors (Lipinski definition) is 1. The zero-order chi connectivity index (χ0) is 30.2. The Morgan fingerprint density at radius 2 is 1.46 bits per heavy atom. The molecule has 3 aromatic carbocycles. The van der Waals surface area contributed by atoms with Gasteiger partial charge in [-0.25, -0.2) is 8.42 Å². The molecule has 0 spiro atoms. The summed E-state index contributed by atoms with van der Waals surface area (Å²) < 4.78 is 29.2. The molecule has 3 rings (SSSR count). The van der Waals surface area contributed by atoms with Crippen LogP contribution in [-0.4, -0.2) is 43.8 Å². The van der Waals surface area contributed by atoms with Crippen LogP contribution in [0.4, 0.5) is 5.69 Å². The second-order valence-corrected chi connectivity index (χ2v) is 12.4. The largest absolute Gasteiger partial charge is 0.352 e. The topological polar surface area (TPSA) is 86.8 Å². The third kappa shape index (κ3) is 7.82. The second kappa shape index (κ2) is 14.7. The lowest BCUT2D eigenvalue weighted by atomic mass is 10.1. The zero-order valence-electron chi connectivity index (χ0n) is 23.8. The van der Waals surface area contributed by atoms with Gasteiger partial charge in [-0.05, 0) is 62.1 Å². The van der Waals surface area contributed by atoms with E-state index >= 15 is 0 Å². The number of amides is 2. The van der Waals surface area contributed by atoms with Crippen molar-refractivity contribution in [2.24, 2.45) is 0 Å². The molecule has 1 N–H and O–H groups in total. The third-order valence-electron chi connectivity index (χ3n) is 7.03. The van der Waals surface area contributed by atoms with Crippen LogP contribution < -0.4 is 9.62 Å². The number of nitrogens with zero attached hydrogens (tertiary/aromatic N) is 2. The summed E-state index contributed by atoms with van der Waals surface area (Å²) in [5.41, 5.74) is 1.65. The molecule has 0 aliphatic carbocycles. The van der Waals surface area contributed by atoms with Gasteiger partial charge < -0.3 is 10.2 Å². The molecule has 0 heterocycles. The fourth-order valence-electron chi connectivity index (χ4n) is 4.50. The normalized spacial score (nSPS) is 12.8. The standard InChI is InChI=1S/C31H37Cl2N3O4S/c1-5-22(4)34-31(38)28(7-3)35(20-25-26(32)17-13-18-27(25)33)30(37)21-36(29-19-12-11-14-23(29)6-2)41(39,40)24-15-9-8-10-16-24/h8-19,22,28H,5-7,20-21H2,1-4H3,(H,34,38)/t22-,28-/m1/s1. The molecule has 2 atom stereocenters. The van der Waals surface area contributed by atoms with Crippen molar-refractivity contribution < 1.29 is 18.0 Å². The van der Waals surface area contributed by atoms with E-state index in [1.54, 1.807) is 55.5 Å². The van der Waals surface area contributed by atoms with Crippen molar-refractivity contribution in [3.8, 4) is 0 Å². The van der Waals surface area contributed by atoms with Gasteiger partial charge in [0.05, 0.1) is 10.6 Å². The molecule has 0 bridgehead atoms. The molecule has 0 unspecified atom stereocenters. The van der Waals surface area contributed by atoms with Gasteiger partial charge in [0, 0.05) is 28.2 Å². The number of anilines is 1. The van der Waals surface area contributed by atoms with E-state index in [2.05, 4.69) is 5.32 Å². The Morgan fingerprint density at radius 1 is 0.854 bits per heavy atom. The van der Waals surface area contributed by atoms with Crippen LogP contribution in [0.3, 0.4) is 0 Å². The van der Waals surface area contributed by atoms with Gasteiger partial charge in [-0.3, -0.25) is 13.9 Å². The number of nitrogens with one attached hydrogen (secondary N) is 1. The van der Waals surface area contributed by atoms with Crippen molar-refractivity contribution >= 4 is 50.7 Å². The Bertz CT molecular complexity index is 1430. The lowest BCUT2D eigenvalue weighted by molar-refractivity contribution is -0.140. The fraction of sp³-hybridized carbons (Fsp3) is 0.355. The highest BCUT2D eigenvalue weighted by molar-refractivity contribution is 7.92. The van der Waals surface area contributed by atoms with Crippen molar-refractivity contribution in [2.75, 3.05) is 10.8 Å². The molecule has 10 heteroatoms. The predicted molar refractivity (Wildman–Crippen MR) is 166 cm³/mol. The first-order chi connectivity index (χ1) is 19.5. The van der Waals surface area contributed by atoms with E-state index in [4.69, 9.17) is 23.2 Å². The maximum Gasteiger partial charge on any atom is 0.264 e. The Morgan fingerprint density at radius 3 is 2.05 bits per heavy atom. The quantitative estimate of drug-likeness (QED) is 0.238. The fourth-order valence-corrected chi connectivity index (χ4v) is 6.49. The maximum absolute atomic E-state index is 14.2. The van der Waals surface area contributed by atoms with Gasteiger partial charge in [-0.2, -0.15) is 0 Å². The van der Waals surface area contributed by atoms with Gasteiger partial charge >= 0.3 is 0 Å². The predicted octanol–water partition coefficient (Wildman–Crippen LogP) is 6.47. The Labute approximate surface area is 253 Å². The molecule has 0 aliphatic rings. The first kappa shape index (κ1) is 32.4. The van der Waals surface area contributed by atoms with Crippen molar-refractivity contribution in [3.63, 3.8) is 0 Å². The minimum atomic E-state index is -4.15. The number of sulfonamides is 1. The molecular weight excluding hydrogens is 581 g/mol. The van der Waals surface area contributed by atoms with Crippen molar-refractivity contribution in [1.29, 1.82) is 0 Å². The van der Waals surface area contributed by atoms with Crippen LogP contribution in [0.25, 0.3) is 0 Å². The molecule has 41 heavy (non-hydrogen) atoms. The molecule has 0 fully saturated rings. The molecule has 220 valence electrons. The van der Waals surface area contributed by atoms with Crippen molar-refractivity contribution in [3.05, 3.63) is 94.0 Å².